The van der Waals surface area contributed by atoms with Crippen molar-refractivity contribution in [3.8, 4) is 5.75 Å². The fourth-order valence-electron chi connectivity index (χ4n) is 3.91. The van der Waals surface area contributed by atoms with Crippen LogP contribution in [0.3, 0.4) is 0 Å². The molecule has 32 heavy (non-hydrogen) atoms. The molecule has 1 aliphatic heterocycles. The molecule has 2 heterocycles. The van der Waals surface area contributed by atoms with E-state index in [1.807, 2.05) is 43.0 Å². The van der Waals surface area contributed by atoms with Gasteiger partial charge in [-0.15, -0.1) is 11.3 Å². The van der Waals surface area contributed by atoms with Crippen LogP contribution in [0, 0.1) is 11.7 Å². The normalized spacial score (nSPS) is 15.5. The molecule has 0 saturated heterocycles. The number of hydrogen-bond donors (Lipinski definition) is 1. The molecule has 3 aromatic rings. The molecule has 1 aromatic heterocycles. The standard InChI is InChI=1S/C24H23FN2O4S/c1-14(2)23(28)27-9-8-15-6-7-18(31-12-21-26-20(13-32-21)24(29)30)11-19(15)22(27)16-4-3-5-17(25)10-16/h3-7,10-11,13-14,22H,8-9,12H2,1-2H3,(H,29,30). The maximum atomic E-state index is 14.1. The fraction of sp³-hybridized carbons (Fsp3) is 0.292. The van der Waals surface area contributed by atoms with E-state index in [1.165, 1.54) is 28.8 Å². The lowest BCUT2D eigenvalue weighted by atomic mass is 9.87. The summed E-state index contributed by atoms with van der Waals surface area (Å²) < 4.78 is 19.9. The summed E-state index contributed by atoms with van der Waals surface area (Å²) in [6.07, 6.45) is 0.703. The largest absolute Gasteiger partial charge is 0.486 e. The Kier molecular flexibility index (Phi) is 6.23. The van der Waals surface area contributed by atoms with E-state index in [0.717, 1.165) is 11.1 Å². The van der Waals surface area contributed by atoms with E-state index in [1.54, 1.807) is 6.07 Å². The molecule has 0 saturated carbocycles. The number of halogens is 1. The number of rotatable bonds is 6. The van der Waals surface area contributed by atoms with Crippen molar-refractivity contribution >= 4 is 23.2 Å². The predicted octanol–water partition coefficient (Wildman–Crippen LogP) is 4.69. The lowest BCUT2D eigenvalue weighted by Crippen LogP contribution is -2.42. The van der Waals surface area contributed by atoms with Crippen LogP contribution in [0.15, 0.2) is 47.8 Å². The van der Waals surface area contributed by atoms with Crippen molar-refractivity contribution < 1.29 is 23.8 Å². The van der Waals surface area contributed by atoms with Crippen molar-refractivity contribution in [2.75, 3.05) is 6.54 Å². The minimum Gasteiger partial charge on any atom is -0.486 e. The summed E-state index contributed by atoms with van der Waals surface area (Å²) in [6.45, 7) is 4.41. The SMILES string of the molecule is CC(C)C(=O)N1CCc2ccc(OCc3nc(C(=O)O)cs3)cc2C1c1cccc(F)c1. The molecule has 0 aliphatic carbocycles. The Labute approximate surface area is 189 Å². The van der Waals surface area contributed by atoms with Gasteiger partial charge in [-0.2, -0.15) is 0 Å². The Bertz CT molecular complexity index is 1160. The van der Waals surface area contributed by atoms with Crippen LogP contribution in [0.25, 0.3) is 0 Å². The summed E-state index contributed by atoms with van der Waals surface area (Å²) in [4.78, 5) is 29.8. The zero-order valence-corrected chi connectivity index (χ0v) is 18.6. The van der Waals surface area contributed by atoms with Gasteiger partial charge in [0.2, 0.25) is 5.91 Å². The number of hydrogen-bond acceptors (Lipinski definition) is 5. The average molecular weight is 455 g/mol. The zero-order chi connectivity index (χ0) is 22.8. The van der Waals surface area contributed by atoms with Gasteiger partial charge >= 0.3 is 5.97 Å². The molecule has 1 amide bonds. The number of ether oxygens (including phenoxy) is 1. The van der Waals surface area contributed by atoms with Gasteiger partial charge in [0.15, 0.2) is 5.69 Å². The van der Waals surface area contributed by atoms with Gasteiger partial charge in [-0.1, -0.05) is 32.0 Å². The highest BCUT2D eigenvalue weighted by molar-refractivity contribution is 7.09. The number of carboxylic acids is 1. The van der Waals surface area contributed by atoms with Crippen molar-refractivity contribution in [3.63, 3.8) is 0 Å². The number of fused-ring (bicyclic) bond motifs is 1. The first-order valence-electron chi connectivity index (χ1n) is 10.3. The number of carbonyl (C=O) groups excluding carboxylic acids is 1. The van der Waals surface area contributed by atoms with Crippen molar-refractivity contribution in [3.05, 3.63) is 81.1 Å². The molecule has 0 bridgehead atoms. The van der Waals surface area contributed by atoms with E-state index in [2.05, 4.69) is 4.98 Å². The molecule has 6 nitrogen and oxygen atoms in total. The summed E-state index contributed by atoms with van der Waals surface area (Å²) in [5.41, 5.74) is 2.69. The molecule has 2 aromatic carbocycles. The first-order valence-corrected chi connectivity index (χ1v) is 11.2. The van der Waals surface area contributed by atoms with E-state index < -0.39 is 12.0 Å². The van der Waals surface area contributed by atoms with Gasteiger partial charge in [0, 0.05) is 17.8 Å². The smallest absolute Gasteiger partial charge is 0.355 e. The van der Waals surface area contributed by atoms with Gasteiger partial charge in [-0.3, -0.25) is 4.79 Å². The van der Waals surface area contributed by atoms with Crippen LogP contribution < -0.4 is 4.74 Å². The molecule has 1 atom stereocenters. The molecule has 0 radical (unpaired) electrons. The Morgan fingerprint density at radius 3 is 2.78 bits per heavy atom. The third kappa shape index (κ3) is 4.50. The number of thiazole rings is 1. The van der Waals surface area contributed by atoms with Gasteiger partial charge in [0.25, 0.3) is 0 Å². The minimum atomic E-state index is -1.07. The van der Waals surface area contributed by atoms with E-state index in [4.69, 9.17) is 9.84 Å². The van der Waals surface area contributed by atoms with Crippen LogP contribution in [0.4, 0.5) is 4.39 Å². The highest BCUT2D eigenvalue weighted by atomic mass is 32.1. The second kappa shape index (κ2) is 9.08. The van der Waals surface area contributed by atoms with Crippen LogP contribution in [-0.2, 0) is 17.8 Å². The second-order valence-electron chi connectivity index (χ2n) is 7.97. The van der Waals surface area contributed by atoms with Crippen LogP contribution in [0.1, 0.15) is 52.1 Å². The summed E-state index contributed by atoms with van der Waals surface area (Å²) >= 11 is 1.22. The van der Waals surface area contributed by atoms with Crippen LogP contribution >= 0.6 is 11.3 Å². The molecule has 8 heteroatoms. The number of nitrogens with zero attached hydrogens (tertiary/aromatic N) is 2. The zero-order valence-electron chi connectivity index (χ0n) is 17.7. The number of aromatic carboxylic acids is 1. The minimum absolute atomic E-state index is 0.00644. The first-order chi connectivity index (χ1) is 15.3. The van der Waals surface area contributed by atoms with Crippen LogP contribution in [0.5, 0.6) is 5.75 Å². The van der Waals surface area contributed by atoms with Crippen molar-refractivity contribution in [1.82, 2.24) is 9.88 Å². The summed E-state index contributed by atoms with van der Waals surface area (Å²) in [5.74, 6) is -1.01. The van der Waals surface area contributed by atoms with Crippen molar-refractivity contribution in [2.24, 2.45) is 5.92 Å². The lowest BCUT2D eigenvalue weighted by molar-refractivity contribution is -0.136. The first kappa shape index (κ1) is 22.0. The molecular weight excluding hydrogens is 431 g/mol. The molecule has 1 unspecified atom stereocenters. The van der Waals surface area contributed by atoms with Crippen LogP contribution in [0.2, 0.25) is 0 Å². The van der Waals surface area contributed by atoms with Gasteiger partial charge in [-0.05, 0) is 47.4 Å². The molecular formula is C24H23FN2O4S. The van der Waals surface area contributed by atoms with E-state index in [-0.39, 0.29) is 29.9 Å². The van der Waals surface area contributed by atoms with Gasteiger partial charge in [0.05, 0.1) is 6.04 Å². The van der Waals surface area contributed by atoms with E-state index in [9.17, 15) is 14.0 Å². The maximum Gasteiger partial charge on any atom is 0.355 e. The summed E-state index contributed by atoms with van der Waals surface area (Å²) in [5, 5.41) is 11.1. The highest BCUT2D eigenvalue weighted by Crippen LogP contribution is 2.38. The number of amides is 1. The molecule has 0 fully saturated rings. The third-order valence-electron chi connectivity index (χ3n) is 5.42. The number of carbonyl (C=O) groups is 2. The third-order valence-corrected chi connectivity index (χ3v) is 6.24. The highest BCUT2D eigenvalue weighted by Gasteiger charge is 2.33. The lowest BCUT2D eigenvalue weighted by Gasteiger charge is -2.39. The van der Waals surface area contributed by atoms with Crippen LogP contribution in [-0.4, -0.2) is 33.4 Å². The molecule has 1 N–H and O–H groups in total. The predicted molar refractivity (Wildman–Crippen MR) is 118 cm³/mol. The average Bonchev–Trinajstić information content (AvgIpc) is 3.25. The van der Waals surface area contributed by atoms with Crippen molar-refractivity contribution in [2.45, 2.75) is 32.9 Å². The molecule has 1 aliphatic rings. The van der Waals surface area contributed by atoms with Crippen molar-refractivity contribution in [1.29, 1.82) is 0 Å². The second-order valence-corrected chi connectivity index (χ2v) is 8.92. The molecule has 166 valence electrons. The Balaban J connectivity index is 1.66. The molecule has 0 spiro atoms. The summed E-state index contributed by atoms with van der Waals surface area (Å²) in [6, 6.07) is 11.6. The quantitative estimate of drug-likeness (QED) is 0.585. The number of aromatic nitrogens is 1. The van der Waals surface area contributed by atoms with E-state index >= 15 is 0 Å². The monoisotopic (exact) mass is 454 g/mol. The summed E-state index contributed by atoms with van der Waals surface area (Å²) in [7, 11) is 0. The Hall–Kier alpha value is -3.26. The molecule has 4 rings (SSSR count). The Morgan fingerprint density at radius 2 is 2.09 bits per heavy atom. The topological polar surface area (TPSA) is 79.7 Å². The van der Waals surface area contributed by atoms with Gasteiger partial charge in [0.1, 0.15) is 23.2 Å². The fourth-order valence-corrected chi connectivity index (χ4v) is 4.59. The Morgan fingerprint density at radius 1 is 1.28 bits per heavy atom. The number of benzene rings is 2. The van der Waals surface area contributed by atoms with Gasteiger partial charge < -0.3 is 14.7 Å². The van der Waals surface area contributed by atoms with Gasteiger partial charge in [-0.25, -0.2) is 14.2 Å². The number of carboxylic acid groups (broad SMARTS) is 1. The maximum absolute atomic E-state index is 14.1. The van der Waals surface area contributed by atoms with E-state index in [0.29, 0.717) is 29.3 Å².